The molecule has 0 spiro atoms. The van der Waals surface area contributed by atoms with E-state index in [1.54, 1.807) is 12.4 Å². The van der Waals surface area contributed by atoms with Gasteiger partial charge < -0.3 is 10.6 Å². The molecule has 0 radical (unpaired) electrons. The van der Waals surface area contributed by atoms with Crippen LogP contribution in [0.25, 0.3) is 5.78 Å². The molecule has 20 heavy (non-hydrogen) atoms. The van der Waals surface area contributed by atoms with Gasteiger partial charge in [-0.25, -0.2) is 9.50 Å². The molecule has 0 aromatic carbocycles. The smallest absolute Gasteiger partial charge is 0.291 e. The molecule has 0 bridgehead atoms. The Labute approximate surface area is 124 Å². The van der Waals surface area contributed by atoms with Crippen LogP contribution in [-0.2, 0) is 0 Å². The third-order valence-corrected chi connectivity index (χ3v) is 3.85. The van der Waals surface area contributed by atoms with Gasteiger partial charge >= 0.3 is 0 Å². The van der Waals surface area contributed by atoms with Crippen LogP contribution in [0.4, 0.5) is 0 Å². The number of rotatable bonds is 2. The Morgan fingerprint density at radius 3 is 3.25 bits per heavy atom. The van der Waals surface area contributed by atoms with E-state index in [1.807, 2.05) is 0 Å². The van der Waals surface area contributed by atoms with Gasteiger partial charge in [-0.1, -0.05) is 0 Å². The van der Waals surface area contributed by atoms with Crippen LogP contribution in [0, 0.1) is 0 Å². The van der Waals surface area contributed by atoms with E-state index in [1.165, 1.54) is 4.52 Å². The molecular weight excluding hydrogens is 324 g/mol. The molecule has 7 nitrogen and oxygen atoms in total. The van der Waals surface area contributed by atoms with Crippen molar-refractivity contribution in [3.63, 3.8) is 0 Å². The molecule has 2 aromatic rings. The van der Waals surface area contributed by atoms with Gasteiger partial charge in [-0.2, -0.15) is 4.98 Å². The van der Waals surface area contributed by atoms with Crippen LogP contribution < -0.4 is 10.6 Å². The van der Waals surface area contributed by atoms with Crippen molar-refractivity contribution in [2.24, 2.45) is 0 Å². The van der Waals surface area contributed by atoms with Crippen molar-refractivity contribution in [3.8, 4) is 0 Å². The zero-order chi connectivity index (χ0) is 14.1. The number of nitrogens with one attached hydrogen (secondary N) is 2. The number of fused-ring (bicyclic) bond motifs is 1. The summed E-state index contributed by atoms with van der Waals surface area (Å²) in [5.41, 5.74) is 0. The first-order valence-corrected chi connectivity index (χ1v) is 7.35. The van der Waals surface area contributed by atoms with E-state index < -0.39 is 0 Å². The van der Waals surface area contributed by atoms with E-state index in [9.17, 15) is 4.79 Å². The molecule has 1 fully saturated rings. The fourth-order valence-corrected chi connectivity index (χ4v) is 2.63. The Balaban J connectivity index is 1.78. The number of aromatic nitrogens is 4. The van der Waals surface area contributed by atoms with E-state index in [-0.39, 0.29) is 23.8 Å². The minimum Gasteiger partial charge on any atom is -0.345 e. The Kier molecular flexibility index (Phi) is 3.66. The molecule has 0 aliphatic carbocycles. The number of hydrogen-bond donors (Lipinski definition) is 2. The standard InChI is InChI=1S/C12H15BrN6O/c1-7-9(3-2-4-14-7)16-11(20)10-17-12-15-5-8(13)6-19(12)18-10/h5-7,9,14H,2-4H2,1H3,(H,16,20). The van der Waals surface area contributed by atoms with Crippen LogP contribution in [0.1, 0.15) is 30.4 Å². The number of carbonyl (C=O) groups is 1. The normalized spacial score (nSPS) is 22.9. The molecular formula is C12H15BrN6O. The zero-order valence-corrected chi connectivity index (χ0v) is 12.6. The summed E-state index contributed by atoms with van der Waals surface area (Å²) < 4.78 is 2.27. The summed E-state index contributed by atoms with van der Waals surface area (Å²) in [5, 5.41) is 10.5. The van der Waals surface area contributed by atoms with Crippen molar-refractivity contribution < 1.29 is 4.79 Å². The summed E-state index contributed by atoms with van der Waals surface area (Å²) in [6.45, 7) is 3.07. The Hall–Kier alpha value is -1.54. The number of carbonyl (C=O) groups excluding carboxylic acids is 1. The summed E-state index contributed by atoms with van der Waals surface area (Å²) in [7, 11) is 0. The number of halogens is 1. The van der Waals surface area contributed by atoms with Crippen molar-refractivity contribution in [2.75, 3.05) is 6.54 Å². The van der Waals surface area contributed by atoms with Crippen LogP contribution in [0.15, 0.2) is 16.9 Å². The van der Waals surface area contributed by atoms with Crippen molar-refractivity contribution in [1.82, 2.24) is 30.2 Å². The third kappa shape index (κ3) is 2.66. The highest BCUT2D eigenvalue weighted by molar-refractivity contribution is 9.10. The van der Waals surface area contributed by atoms with E-state index in [0.29, 0.717) is 5.78 Å². The molecule has 1 amide bonds. The average molecular weight is 339 g/mol. The Bertz CT molecular complexity index is 642. The second-order valence-corrected chi connectivity index (χ2v) is 5.83. The lowest BCUT2D eigenvalue weighted by atomic mass is 10.00. The van der Waals surface area contributed by atoms with Gasteiger partial charge in [-0.3, -0.25) is 4.79 Å². The minimum atomic E-state index is -0.257. The van der Waals surface area contributed by atoms with E-state index in [2.05, 4.69) is 48.6 Å². The number of amides is 1. The Morgan fingerprint density at radius 2 is 2.45 bits per heavy atom. The van der Waals surface area contributed by atoms with Crippen LogP contribution in [0.2, 0.25) is 0 Å². The molecule has 1 saturated heterocycles. The van der Waals surface area contributed by atoms with Gasteiger partial charge in [-0.05, 0) is 42.2 Å². The first-order valence-electron chi connectivity index (χ1n) is 6.55. The lowest BCUT2D eigenvalue weighted by Gasteiger charge is -2.30. The summed E-state index contributed by atoms with van der Waals surface area (Å²) in [6.07, 6.45) is 5.37. The number of nitrogens with zero attached hydrogens (tertiary/aromatic N) is 4. The molecule has 2 aromatic heterocycles. The molecule has 0 saturated carbocycles. The quantitative estimate of drug-likeness (QED) is 0.844. The van der Waals surface area contributed by atoms with Crippen LogP contribution in [0.3, 0.4) is 0 Å². The highest BCUT2D eigenvalue weighted by Crippen LogP contribution is 2.10. The maximum absolute atomic E-state index is 12.2. The van der Waals surface area contributed by atoms with Gasteiger partial charge in [0.15, 0.2) is 0 Å². The van der Waals surface area contributed by atoms with Crippen molar-refractivity contribution >= 4 is 27.6 Å². The molecule has 3 rings (SSSR count). The van der Waals surface area contributed by atoms with Gasteiger partial charge in [-0.15, -0.1) is 5.10 Å². The third-order valence-electron chi connectivity index (χ3n) is 3.44. The molecule has 1 aliphatic rings. The topological polar surface area (TPSA) is 84.2 Å². The molecule has 2 atom stereocenters. The van der Waals surface area contributed by atoms with Crippen LogP contribution >= 0.6 is 15.9 Å². The van der Waals surface area contributed by atoms with Crippen molar-refractivity contribution in [3.05, 3.63) is 22.7 Å². The fraction of sp³-hybridized carbons (Fsp3) is 0.500. The molecule has 2 N–H and O–H groups in total. The SMILES string of the molecule is CC1NCCCC1NC(=O)c1nc2ncc(Br)cn2n1. The first kappa shape index (κ1) is 13.4. The van der Waals surface area contributed by atoms with E-state index >= 15 is 0 Å². The van der Waals surface area contributed by atoms with Crippen LogP contribution in [0.5, 0.6) is 0 Å². The summed E-state index contributed by atoms with van der Waals surface area (Å²) in [4.78, 5) is 20.4. The van der Waals surface area contributed by atoms with Crippen molar-refractivity contribution in [2.45, 2.75) is 31.8 Å². The maximum atomic E-state index is 12.2. The predicted molar refractivity (Wildman–Crippen MR) is 76.4 cm³/mol. The highest BCUT2D eigenvalue weighted by atomic mass is 79.9. The summed E-state index contributed by atoms with van der Waals surface area (Å²) in [6, 6.07) is 0.375. The molecule has 8 heteroatoms. The second-order valence-electron chi connectivity index (χ2n) is 4.92. The van der Waals surface area contributed by atoms with E-state index in [0.717, 1.165) is 23.9 Å². The summed E-state index contributed by atoms with van der Waals surface area (Å²) in [5.74, 6) is 0.300. The lowest BCUT2D eigenvalue weighted by Crippen LogP contribution is -2.52. The largest absolute Gasteiger partial charge is 0.345 e. The predicted octanol–water partition coefficient (Wildman–Crippen LogP) is 0.757. The molecule has 2 unspecified atom stereocenters. The maximum Gasteiger partial charge on any atom is 0.291 e. The van der Waals surface area contributed by atoms with Gasteiger partial charge in [0.2, 0.25) is 5.82 Å². The summed E-state index contributed by atoms with van der Waals surface area (Å²) >= 11 is 3.31. The minimum absolute atomic E-state index is 0.113. The first-order chi connectivity index (χ1) is 9.63. The highest BCUT2D eigenvalue weighted by Gasteiger charge is 2.24. The van der Waals surface area contributed by atoms with Gasteiger partial charge in [0.1, 0.15) is 0 Å². The van der Waals surface area contributed by atoms with Crippen molar-refractivity contribution in [1.29, 1.82) is 0 Å². The second kappa shape index (κ2) is 5.45. The van der Waals surface area contributed by atoms with E-state index in [4.69, 9.17) is 0 Å². The van der Waals surface area contributed by atoms with Gasteiger partial charge in [0.05, 0.1) is 4.47 Å². The lowest BCUT2D eigenvalue weighted by molar-refractivity contribution is 0.0909. The fourth-order valence-electron chi connectivity index (χ4n) is 2.33. The average Bonchev–Trinajstić information content (AvgIpc) is 2.84. The zero-order valence-electron chi connectivity index (χ0n) is 11.0. The monoisotopic (exact) mass is 338 g/mol. The number of hydrogen-bond acceptors (Lipinski definition) is 5. The molecule has 3 heterocycles. The van der Waals surface area contributed by atoms with Crippen LogP contribution in [-0.4, -0.2) is 44.1 Å². The number of piperidine rings is 1. The Morgan fingerprint density at radius 1 is 1.60 bits per heavy atom. The molecule has 1 aliphatic heterocycles. The molecule has 106 valence electrons. The van der Waals surface area contributed by atoms with Gasteiger partial charge in [0, 0.05) is 24.5 Å². The van der Waals surface area contributed by atoms with Gasteiger partial charge in [0.25, 0.3) is 11.7 Å².